The molecule has 252 valence electrons. The Hall–Kier alpha value is -3.96. The summed E-state index contributed by atoms with van der Waals surface area (Å²) in [4.78, 5) is 47.1. The summed E-state index contributed by atoms with van der Waals surface area (Å²) in [6.07, 6.45) is 22.0. The van der Waals surface area contributed by atoms with Gasteiger partial charge in [0.2, 0.25) is 11.6 Å². The lowest BCUT2D eigenvalue weighted by Crippen LogP contribution is -2.43. The molecule has 4 aliphatic rings. The molecule has 2 fully saturated rings. The Balaban J connectivity index is 0.000000266. The fourth-order valence-corrected chi connectivity index (χ4v) is 6.39. The topological polar surface area (TPSA) is 144 Å². The van der Waals surface area contributed by atoms with Crippen LogP contribution in [0.5, 0.6) is 0 Å². The smallest absolute Gasteiger partial charge is 0.419 e. The Kier molecular flexibility index (Phi) is 12.0. The standard InChI is InChI=1S/C20H26O7.C15H20O4/c1-5-20(14-9-7-8-10-14,27-18(23)17(22)24-6-2)12-11-15-13-16(21)26-19(3,4)25-15;1-4-15(17,11-7-5-6-8-11)10-12-9-13(16)19-14(2,3)18-12/h1,13-14H,6-12H2,2-4H3;1,9,11,17H,5-8,10H2,2-3H3. The molecule has 4 rings (SSSR count). The van der Waals surface area contributed by atoms with Gasteiger partial charge in [-0.1, -0.05) is 37.5 Å². The molecule has 0 radical (unpaired) electrons. The molecule has 11 nitrogen and oxygen atoms in total. The van der Waals surface area contributed by atoms with E-state index in [9.17, 15) is 24.3 Å². The lowest BCUT2D eigenvalue weighted by Gasteiger charge is -2.35. The van der Waals surface area contributed by atoms with Crippen molar-refractivity contribution in [1.29, 1.82) is 0 Å². The van der Waals surface area contributed by atoms with Gasteiger partial charge in [0.1, 0.15) is 17.1 Å². The highest BCUT2D eigenvalue weighted by Crippen LogP contribution is 2.41. The first kappa shape index (κ1) is 36.5. The second kappa shape index (κ2) is 15.1. The predicted molar refractivity (Wildman–Crippen MR) is 165 cm³/mol. The summed E-state index contributed by atoms with van der Waals surface area (Å²) in [5.74, 6) is 0.702. The molecule has 1 N–H and O–H groups in total. The quantitative estimate of drug-likeness (QED) is 0.161. The van der Waals surface area contributed by atoms with Crippen molar-refractivity contribution in [3.63, 3.8) is 0 Å². The van der Waals surface area contributed by atoms with E-state index < -0.39 is 46.7 Å². The highest BCUT2D eigenvalue weighted by molar-refractivity contribution is 6.29. The molecule has 2 atom stereocenters. The van der Waals surface area contributed by atoms with E-state index in [0.29, 0.717) is 11.5 Å². The Bertz CT molecular complexity index is 1300. The lowest BCUT2D eigenvalue weighted by atomic mass is 9.82. The second-order valence-electron chi connectivity index (χ2n) is 12.9. The minimum absolute atomic E-state index is 0.0648. The molecule has 0 aromatic heterocycles. The van der Waals surface area contributed by atoms with E-state index in [0.717, 1.165) is 51.4 Å². The van der Waals surface area contributed by atoms with Crippen LogP contribution in [0.25, 0.3) is 0 Å². The van der Waals surface area contributed by atoms with Crippen LogP contribution in [-0.4, -0.2) is 58.4 Å². The van der Waals surface area contributed by atoms with E-state index in [2.05, 4.69) is 11.8 Å². The zero-order valence-corrected chi connectivity index (χ0v) is 27.5. The molecule has 0 aromatic rings. The van der Waals surface area contributed by atoms with Crippen LogP contribution in [0.1, 0.15) is 105 Å². The third-order valence-electron chi connectivity index (χ3n) is 8.45. The molecule has 0 amide bonds. The van der Waals surface area contributed by atoms with Crippen LogP contribution in [0.2, 0.25) is 0 Å². The van der Waals surface area contributed by atoms with Crippen LogP contribution in [-0.2, 0) is 47.6 Å². The van der Waals surface area contributed by atoms with E-state index in [1.54, 1.807) is 34.6 Å². The van der Waals surface area contributed by atoms with Gasteiger partial charge in [0.25, 0.3) is 0 Å². The van der Waals surface area contributed by atoms with Crippen LogP contribution in [0, 0.1) is 36.5 Å². The summed E-state index contributed by atoms with van der Waals surface area (Å²) >= 11 is 0. The average Bonchev–Trinajstić information content (AvgIpc) is 3.69. The van der Waals surface area contributed by atoms with E-state index in [1.807, 2.05) is 0 Å². The number of hydrogen-bond acceptors (Lipinski definition) is 11. The molecule has 46 heavy (non-hydrogen) atoms. The Morgan fingerprint density at radius 2 is 1.35 bits per heavy atom. The Morgan fingerprint density at radius 3 is 1.83 bits per heavy atom. The summed E-state index contributed by atoms with van der Waals surface area (Å²) in [6, 6.07) is 0. The minimum Gasteiger partial charge on any atom is -0.458 e. The van der Waals surface area contributed by atoms with Crippen molar-refractivity contribution in [2.45, 2.75) is 128 Å². The van der Waals surface area contributed by atoms with Gasteiger partial charge in [0.15, 0.2) is 5.60 Å². The van der Waals surface area contributed by atoms with Crippen LogP contribution in [0.15, 0.2) is 23.7 Å². The number of allylic oxidation sites excluding steroid dienone is 1. The highest BCUT2D eigenvalue weighted by atomic mass is 16.7. The Morgan fingerprint density at radius 1 is 0.848 bits per heavy atom. The second-order valence-corrected chi connectivity index (χ2v) is 12.9. The number of carbonyl (C=O) groups is 4. The summed E-state index contributed by atoms with van der Waals surface area (Å²) in [6.45, 7) is 8.24. The number of terminal acetylenes is 2. The SMILES string of the molecule is C#CC(CCC1=CC(=O)OC(C)(C)O1)(OC(=O)C(=O)OCC)C1CCCC1.C#CC(O)(CC1=CC(=O)OC(C)(C)O1)C1CCCC1. The van der Waals surface area contributed by atoms with E-state index >= 15 is 0 Å². The van der Waals surface area contributed by atoms with Crippen LogP contribution in [0.4, 0.5) is 0 Å². The van der Waals surface area contributed by atoms with Crippen LogP contribution < -0.4 is 0 Å². The molecule has 0 spiro atoms. The van der Waals surface area contributed by atoms with Gasteiger partial charge < -0.3 is 33.5 Å². The molecule has 2 unspecified atom stereocenters. The summed E-state index contributed by atoms with van der Waals surface area (Å²) < 4.78 is 31.5. The molecule has 0 saturated heterocycles. The minimum atomic E-state index is -1.25. The zero-order chi connectivity index (χ0) is 34.2. The number of hydrogen-bond donors (Lipinski definition) is 1. The maximum Gasteiger partial charge on any atom is 0.419 e. The van der Waals surface area contributed by atoms with Crippen molar-refractivity contribution in [3.05, 3.63) is 23.7 Å². The highest BCUT2D eigenvalue weighted by Gasteiger charge is 2.45. The fourth-order valence-electron chi connectivity index (χ4n) is 6.39. The van der Waals surface area contributed by atoms with Crippen molar-refractivity contribution in [1.82, 2.24) is 0 Å². The number of ether oxygens (including phenoxy) is 6. The van der Waals surface area contributed by atoms with Gasteiger partial charge in [0, 0.05) is 52.9 Å². The molecule has 2 heterocycles. The number of aliphatic hydroxyl groups is 1. The van der Waals surface area contributed by atoms with Gasteiger partial charge in [-0.15, -0.1) is 12.8 Å². The maximum absolute atomic E-state index is 12.2. The number of carbonyl (C=O) groups excluding carboxylic acids is 4. The first-order chi connectivity index (χ1) is 21.6. The molecular formula is C35H46O11. The van der Waals surface area contributed by atoms with Gasteiger partial charge in [-0.05, 0) is 38.5 Å². The van der Waals surface area contributed by atoms with Crippen molar-refractivity contribution in [2.75, 3.05) is 6.61 Å². The van der Waals surface area contributed by atoms with Crippen molar-refractivity contribution < 1.29 is 52.7 Å². The molecule has 11 heteroatoms. The van der Waals surface area contributed by atoms with Crippen molar-refractivity contribution >= 4 is 23.9 Å². The number of cyclic esters (lactones) is 2. The summed E-state index contributed by atoms with van der Waals surface area (Å²) in [5, 5.41) is 10.6. The molecule has 2 aliphatic heterocycles. The monoisotopic (exact) mass is 642 g/mol. The zero-order valence-electron chi connectivity index (χ0n) is 27.5. The predicted octanol–water partition coefficient (Wildman–Crippen LogP) is 4.75. The molecule has 2 aliphatic carbocycles. The normalized spacial score (nSPS) is 23.0. The van der Waals surface area contributed by atoms with Crippen LogP contribution >= 0.6 is 0 Å². The Labute approximate surface area is 271 Å². The van der Waals surface area contributed by atoms with Gasteiger partial charge in [-0.2, -0.15) is 0 Å². The van der Waals surface area contributed by atoms with E-state index in [1.165, 1.54) is 12.2 Å². The molecule has 2 saturated carbocycles. The van der Waals surface area contributed by atoms with Gasteiger partial charge in [0.05, 0.1) is 18.8 Å². The van der Waals surface area contributed by atoms with E-state index in [-0.39, 0.29) is 37.7 Å². The lowest BCUT2D eigenvalue weighted by molar-refractivity contribution is -0.208. The number of rotatable bonds is 9. The first-order valence-corrected chi connectivity index (χ1v) is 15.9. The molecule has 0 bridgehead atoms. The molecular weight excluding hydrogens is 596 g/mol. The third-order valence-corrected chi connectivity index (χ3v) is 8.45. The fraction of sp³-hybridized carbons (Fsp3) is 0.657. The molecule has 0 aromatic carbocycles. The van der Waals surface area contributed by atoms with Gasteiger partial charge in [-0.25, -0.2) is 19.2 Å². The van der Waals surface area contributed by atoms with Crippen molar-refractivity contribution in [3.8, 4) is 24.7 Å². The summed E-state index contributed by atoms with van der Waals surface area (Å²) in [7, 11) is 0. The number of esters is 4. The largest absolute Gasteiger partial charge is 0.458 e. The maximum atomic E-state index is 12.2. The van der Waals surface area contributed by atoms with Gasteiger partial charge >= 0.3 is 23.9 Å². The average molecular weight is 643 g/mol. The first-order valence-electron chi connectivity index (χ1n) is 15.9. The van der Waals surface area contributed by atoms with Gasteiger partial charge in [-0.3, -0.25) is 0 Å². The third kappa shape index (κ3) is 9.77. The summed E-state index contributed by atoms with van der Waals surface area (Å²) in [5.41, 5.74) is -2.49. The van der Waals surface area contributed by atoms with Crippen LogP contribution in [0.3, 0.4) is 0 Å². The van der Waals surface area contributed by atoms with Crippen molar-refractivity contribution in [2.24, 2.45) is 11.8 Å². The van der Waals surface area contributed by atoms with E-state index in [4.69, 9.17) is 41.3 Å².